The zero-order chi connectivity index (χ0) is 13.7. The van der Waals surface area contributed by atoms with Gasteiger partial charge in [-0.2, -0.15) is 5.10 Å². The Morgan fingerprint density at radius 1 is 1.26 bits per heavy atom. The van der Waals surface area contributed by atoms with E-state index in [0.717, 1.165) is 36.7 Å². The lowest BCUT2D eigenvalue weighted by Gasteiger charge is -2.16. The number of nitrogens with one attached hydrogen (secondary N) is 1. The van der Waals surface area contributed by atoms with Gasteiger partial charge in [0, 0.05) is 38.9 Å². The third-order valence-electron chi connectivity index (χ3n) is 2.82. The zero-order valence-corrected chi connectivity index (χ0v) is 11.7. The van der Waals surface area contributed by atoms with E-state index in [1.165, 1.54) is 0 Å². The molecule has 0 bridgehead atoms. The molecule has 0 fully saturated rings. The zero-order valence-electron chi connectivity index (χ0n) is 11.7. The van der Waals surface area contributed by atoms with Crippen molar-refractivity contribution in [2.45, 2.75) is 20.0 Å². The summed E-state index contributed by atoms with van der Waals surface area (Å²) < 4.78 is 1.80. The summed E-state index contributed by atoms with van der Waals surface area (Å²) in [7, 11) is 3.92. The standard InChI is InChI=1S/C13H20N6/c1-4-14-6-12-7-16-13(8-15-12)18(2)9-11-5-17-19(3)10-11/h5,7-8,10,14H,4,6,9H2,1-3H3. The van der Waals surface area contributed by atoms with E-state index in [0.29, 0.717) is 0 Å². The van der Waals surface area contributed by atoms with Crippen molar-refractivity contribution in [2.24, 2.45) is 7.05 Å². The van der Waals surface area contributed by atoms with Crippen molar-refractivity contribution in [3.05, 3.63) is 36.0 Å². The second-order valence-corrected chi connectivity index (χ2v) is 4.52. The number of nitrogens with zero attached hydrogens (tertiary/aromatic N) is 5. The number of aromatic nitrogens is 4. The minimum absolute atomic E-state index is 0.760. The number of hydrogen-bond donors (Lipinski definition) is 1. The van der Waals surface area contributed by atoms with Crippen LogP contribution in [0.2, 0.25) is 0 Å². The van der Waals surface area contributed by atoms with E-state index in [4.69, 9.17) is 0 Å². The maximum atomic E-state index is 4.43. The molecule has 0 amide bonds. The van der Waals surface area contributed by atoms with Crippen LogP contribution in [0.3, 0.4) is 0 Å². The molecule has 2 aromatic heterocycles. The lowest BCUT2D eigenvalue weighted by molar-refractivity contribution is 0.706. The van der Waals surface area contributed by atoms with Crippen LogP contribution >= 0.6 is 0 Å². The average Bonchev–Trinajstić information content (AvgIpc) is 2.82. The molecule has 2 aromatic rings. The van der Waals surface area contributed by atoms with Gasteiger partial charge in [-0.1, -0.05) is 6.92 Å². The fourth-order valence-electron chi connectivity index (χ4n) is 1.80. The van der Waals surface area contributed by atoms with Crippen LogP contribution < -0.4 is 10.2 Å². The molecule has 6 nitrogen and oxygen atoms in total. The molecule has 0 unspecified atom stereocenters. The molecule has 2 heterocycles. The molecule has 2 rings (SSSR count). The molecule has 0 atom stereocenters. The van der Waals surface area contributed by atoms with Gasteiger partial charge < -0.3 is 10.2 Å². The molecule has 0 saturated heterocycles. The van der Waals surface area contributed by atoms with E-state index >= 15 is 0 Å². The largest absolute Gasteiger partial charge is 0.354 e. The average molecular weight is 260 g/mol. The van der Waals surface area contributed by atoms with Crippen LogP contribution in [0.1, 0.15) is 18.2 Å². The number of hydrogen-bond acceptors (Lipinski definition) is 5. The van der Waals surface area contributed by atoms with Crippen molar-refractivity contribution in [1.82, 2.24) is 25.1 Å². The summed E-state index contributed by atoms with van der Waals surface area (Å²) in [5, 5.41) is 7.39. The van der Waals surface area contributed by atoms with Crippen molar-refractivity contribution in [3.63, 3.8) is 0 Å². The Bertz CT molecular complexity index is 504. The molecule has 1 N–H and O–H groups in total. The molecule has 0 spiro atoms. The number of rotatable bonds is 6. The maximum absolute atomic E-state index is 4.43. The summed E-state index contributed by atoms with van der Waals surface area (Å²) in [5.41, 5.74) is 2.11. The first-order valence-corrected chi connectivity index (χ1v) is 6.39. The summed E-state index contributed by atoms with van der Waals surface area (Å²) in [6, 6.07) is 0. The molecule has 0 aromatic carbocycles. The van der Waals surface area contributed by atoms with Crippen molar-refractivity contribution < 1.29 is 0 Å². The molecular formula is C13H20N6. The van der Waals surface area contributed by atoms with Crippen molar-refractivity contribution in [3.8, 4) is 0 Å². The van der Waals surface area contributed by atoms with E-state index in [-0.39, 0.29) is 0 Å². The first-order chi connectivity index (χ1) is 9.19. The Labute approximate surface area is 113 Å². The smallest absolute Gasteiger partial charge is 0.147 e. The van der Waals surface area contributed by atoms with Gasteiger partial charge in [-0.15, -0.1) is 0 Å². The number of anilines is 1. The van der Waals surface area contributed by atoms with Crippen molar-refractivity contribution >= 4 is 5.82 Å². The van der Waals surface area contributed by atoms with Gasteiger partial charge in [-0.25, -0.2) is 4.98 Å². The molecule has 0 aliphatic rings. The summed E-state index contributed by atoms with van der Waals surface area (Å²) in [6.45, 7) is 4.54. The predicted molar refractivity (Wildman–Crippen MR) is 74.7 cm³/mol. The minimum atomic E-state index is 0.760. The third kappa shape index (κ3) is 3.75. The predicted octanol–water partition coefficient (Wildman–Crippen LogP) is 0.956. The van der Waals surface area contributed by atoms with Crippen LogP contribution in [0.25, 0.3) is 0 Å². The monoisotopic (exact) mass is 260 g/mol. The lowest BCUT2D eigenvalue weighted by Crippen LogP contribution is -2.18. The second-order valence-electron chi connectivity index (χ2n) is 4.52. The molecule has 102 valence electrons. The van der Waals surface area contributed by atoms with Gasteiger partial charge in [-0.05, 0) is 6.54 Å². The minimum Gasteiger partial charge on any atom is -0.354 e. The third-order valence-corrected chi connectivity index (χ3v) is 2.82. The fourth-order valence-corrected chi connectivity index (χ4v) is 1.80. The second kappa shape index (κ2) is 6.29. The normalized spacial score (nSPS) is 10.7. The van der Waals surface area contributed by atoms with Crippen LogP contribution in [-0.4, -0.2) is 33.3 Å². The van der Waals surface area contributed by atoms with Crippen molar-refractivity contribution in [2.75, 3.05) is 18.5 Å². The van der Waals surface area contributed by atoms with E-state index in [1.807, 2.05) is 38.9 Å². The fraction of sp³-hybridized carbons (Fsp3) is 0.462. The molecule has 0 aliphatic heterocycles. The summed E-state index contributed by atoms with van der Waals surface area (Å²) in [5.74, 6) is 0.865. The Balaban J connectivity index is 1.97. The Morgan fingerprint density at radius 3 is 2.68 bits per heavy atom. The summed E-state index contributed by atoms with van der Waals surface area (Å²) in [6.07, 6.45) is 7.49. The summed E-state index contributed by atoms with van der Waals surface area (Å²) in [4.78, 5) is 10.9. The van der Waals surface area contributed by atoms with Gasteiger partial charge in [0.1, 0.15) is 5.82 Å². The van der Waals surface area contributed by atoms with Gasteiger partial charge in [0.2, 0.25) is 0 Å². The van der Waals surface area contributed by atoms with E-state index < -0.39 is 0 Å². The van der Waals surface area contributed by atoms with Crippen LogP contribution in [0, 0.1) is 0 Å². The highest BCUT2D eigenvalue weighted by molar-refractivity contribution is 5.35. The van der Waals surface area contributed by atoms with E-state index in [1.54, 1.807) is 4.68 Å². The Kier molecular flexibility index (Phi) is 4.46. The maximum Gasteiger partial charge on any atom is 0.147 e. The molecule has 0 saturated carbocycles. The van der Waals surface area contributed by atoms with Gasteiger partial charge >= 0.3 is 0 Å². The van der Waals surface area contributed by atoms with Gasteiger partial charge in [0.25, 0.3) is 0 Å². The van der Waals surface area contributed by atoms with Crippen LogP contribution in [-0.2, 0) is 20.1 Å². The highest BCUT2D eigenvalue weighted by Gasteiger charge is 2.05. The molecule has 0 radical (unpaired) electrons. The molecule has 6 heteroatoms. The molecular weight excluding hydrogens is 240 g/mol. The van der Waals surface area contributed by atoms with Crippen LogP contribution in [0.5, 0.6) is 0 Å². The first kappa shape index (κ1) is 13.5. The quantitative estimate of drug-likeness (QED) is 0.838. The first-order valence-electron chi connectivity index (χ1n) is 6.39. The van der Waals surface area contributed by atoms with Crippen molar-refractivity contribution in [1.29, 1.82) is 0 Å². The SMILES string of the molecule is CCNCc1cnc(N(C)Cc2cnn(C)c2)cn1. The summed E-state index contributed by atoms with van der Waals surface area (Å²) >= 11 is 0. The van der Waals surface area contributed by atoms with Gasteiger partial charge in [-0.3, -0.25) is 9.67 Å². The Hall–Kier alpha value is -1.95. The lowest BCUT2D eigenvalue weighted by atomic mass is 10.3. The van der Waals surface area contributed by atoms with Gasteiger partial charge in [0.15, 0.2) is 0 Å². The van der Waals surface area contributed by atoms with E-state index in [9.17, 15) is 0 Å². The topological polar surface area (TPSA) is 58.9 Å². The van der Waals surface area contributed by atoms with Gasteiger partial charge in [0.05, 0.1) is 24.3 Å². The van der Waals surface area contributed by atoms with Crippen LogP contribution in [0.15, 0.2) is 24.8 Å². The number of aryl methyl sites for hydroxylation is 1. The highest BCUT2D eigenvalue weighted by atomic mass is 15.2. The van der Waals surface area contributed by atoms with E-state index in [2.05, 4.69) is 32.2 Å². The molecule has 0 aliphatic carbocycles. The molecule has 19 heavy (non-hydrogen) atoms. The van der Waals surface area contributed by atoms with Crippen LogP contribution in [0.4, 0.5) is 5.82 Å². The Morgan fingerprint density at radius 2 is 2.11 bits per heavy atom. The highest BCUT2D eigenvalue weighted by Crippen LogP contribution is 2.10.